The Bertz CT molecular complexity index is 1150. The highest BCUT2D eigenvalue weighted by Gasteiger charge is 2.40. The van der Waals surface area contributed by atoms with E-state index in [2.05, 4.69) is 10.6 Å². The van der Waals surface area contributed by atoms with Gasteiger partial charge in [0.25, 0.3) is 10.0 Å². The van der Waals surface area contributed by atoms with E-state index in [9.17, 15) is 22.4 Å². The molecule has 3 atom stereocenters. The molecule has 2 aliphatic rings. The van der Waals surface area contributed by atoms with Crippen LogP contribution in [-0.2, 0) is 14.8 Å². The van der Waals surface area contributed by atoms with Gasteiger partial charge in [-0.1, -0.05) is 6.92 Å². The zero-order valence-corrected chi connectivity index (χ0v) is 17.9. The zero-order chi connectivity index (χ0) is 23.0. The number of rotatable bonds is 6. The maximum atomic E-state index is 13.4. The van der Waals surface area contributed by atoms with Crippen LogP contribution in [0, 0.1) is 17.7 Å². The number of hydrogen-bond acceptors (Lipinski definition) is 5. The van der Waals surface area contributed by atoms with E-state index in [1.54, 1.807) is 0 Å². The second-order valence-electron chi connectivity index (χ2n) is 7.91. The maximum Gasteiger partial charge on any atom is 0.409 e. The van der Waals surface area contributed by atoms with E-state index in [1.807, 2.05) is 6.92 Å². The second kappa shape index (κ2) is 8.30. The fourth-order valence-corrected chi connectivity index (χ4v) is 5.11. The molecule has 170 valence electrons. The molecule has 2 aromatic carbocycles. The normalized spacial score (nSPS) is 21.8. The number of carbonyl (C=O) groups excluding carboxylic acids is 1. The molecule has 1 aliphatic carbocycles. The summed E-state index contributed by atoms with van der Waals surface area (Å²) in [5, 5.41) is 14.0. The summed E-state index contributed by atoms with van der Waals surface area (Å²) in [6.45, 7) is 1.97. The summed E-state index contributed by atoms with van der Waals surface area (Å²) >= 11 is 0. The molecular formula is C21H22FN3O6S. The van der Waals surface area contributed by atoms with Gasteiger partial charge in [-0.05, 0) is 54.8 Å². The van der Waals surface area contributed by atoms with E-state index in [0.717, 1.165) is 35.0 Å². The van der Waals surface area contributed by atoms with Crippen molar-refractivity contribution in [1.29, 1.82) is 0 Å². The van der Waals surface area contributed by atoms with Crippen molar-refractivity contribution in [2.75, 3.05) is 22.7 Å². The molecule has 0 aromatic heterocycles. The smallest absolute Gasteiger partial charge is 0.409 e. The van der Waals surface area contributed by atoms with E-state index in [1.165, 1.54) is 18.2 Å². The van der Waals surface area contributed by atoms with Crippen LogP contribution in [0.3, 0.4) is 0 Å². The van der Waals surface area contributed by atoms with Gasteiger partial charge in [-0.3, -0.25) is 14.4 Å². The topological polar surface area (TPSA) is 125 Å². The molecule has 0 bridgehead atoms. The minimum absolute atomic E-state index is 0.0328. The summed E-state index contributed by atoms with van der Waals surface area (Å²) in [6.07, 6.45) is -1.15. The summed E-state index contributed by atoms with van der Waals surface area (Å²) in [5.41, 5.74) is 0.299. The zero-order valence-electron chi connectivity index (χ0n) is 17.1. The van der Waals surface area contributed by atoms with Crippen molar-refractivity contribution in [1.82, 2.24) is 5.32 Å². The molecule has 2 aromatic rings. The Labute approximate surface area is 184 Å². The Balaban J connectivity index is 1.64. The third kappa shape index (κ3) is 4.47. The monoisotopic (exact) mass is 463 g/mol. The number of nitrogens with zero attached hydrogens (tertiary/aromatic N) is 1. The summed E-state index contributed by atoms with van der Waals surface area (Å²) < 4.78 is 47.0. The van der Waals surface area contributed by atoms with Gasteiger partial charge in [0.05, 0.1) is 23.7 Å². The van der Waals surface area contributed by atoms with Crippen LogP contribution in [0.2, 0.25) is 0 Å². The number of halogens is 1. The molecule has 1 saturated carbocycles. The molecule has 4 rings (SSSR count). The first kappa shape index (κ1) is 21.9. The molecule has 32 heavy (non-hydrogen) atoms. The van der Waals surface area contributed by atoms with Crippen LogP contribution < -0.4 is 19.7 Å². The third-order valence-electron chi connectivity index (χ3n) is 5.49. The SMILES string of the molecule is CC1CC1C(=O)NC[C@H]1CN(S(=O)(=O)c2ccc(F)cc2)c2cc(NC(=O)O)ccc2O1. The van der Waals surface area contributed by atoms with Gasteiger partial charge in [0.1, 0.15) is 17.7 Å². The summed E-state index contributed by atoms with van der Waals surface area (Å²) in [6, 6.07) is 8.67. The molecule has 3 N–H and O–H groups in total. The van der Waals surface area contributed by atoms with E-state index in [0.29, 0.717) is 5.92 Å². The van der Waals surface area contributed by atoms with Crippen LogP contribution in [0.1, 0.15) is 13.3 Å². The number of hydrogen-bond donors (Lipinski definition) is 3. The number of fused-ring (bicyclic) bond motifs is 1. The van der Waals surface area contributed by atoms with Crippen LogP contribution in [0.5, 0.6) is 5.75 Å². The molecule has 0 radical (unpaired) electrons. The predicted octanol–water partition coefficient (Wildman–Crippen LogP) is 2.64. The van der Waals surface area contributed by atoms with Crippen molar-refractivity contribution in [2.24, 2.45) is 11.8 Å². The highest BCUT2D eigenvalue weighted by atomic mass is 32.2. The first-order valence-electron chi connectivity index (χ1n) is 10.0. The van der Waals surface area contributed by atoms with Crippen LogP contribution in [0.15, 0.2) is 47.4 Å². The molecule has 1 fully saturated rings. The van der Waals surface area contributed by atoms with Gasteiger partial charge < -0.3 is 15.2 Å². The lowest BCUT2D eigenvalue weighted by Gasteiger charge is -2.35. The third-order valence-corrected chi connectivity index (χ3v) is 7.29. The Morgan fingerprint density at radius 2 is 1.91 bits per heavy atom. The average Bonchev–Trinajstić information content (AvgIpc) is 3.48. The van der Waals surface area contributed by atoms with Crippen molar-refractivity contribution in [3.63, 3.8) is 0 Å². The quantitative estimate of drug-likeness (QED) is 0.605. The number of amides is 2. The van der Waals surface area contributed by atoms with Gasteiger partial charge in [-0.25, -0.2) is 17.6 Å². The molecule has 0 spiro atoms. The molecule has 1 heterocycles. The van der Waals surface area contributed by atoms with Crippen molar-refractivity contribution >= 4 is 33.4 Å². The van der Waals surface area contributed by atoms with Gasteiger partial charge in [-0.2, -0.15) is 0 Å². The Morgan fingerprint density at radius 3 is 2.53 bits per heavy atom. The van der Waals surface area contributed by atoms with Crippen molar-refractivity contribution in [3.05, 3.63) is 48.3 Å². The minimum Gasteiger partial charge on any atom is -0.484 e. The van der Waals surface area contributed by atoms with Crippen LogP contribution >= 0.6 is 0 Å². The molecule has 0 saturated heterocycles. The molecular weight excluding hydrogens is 441 g/mol. The largest absolute Gasteiger partial charge is 0.484 e. The Morgan fingerprint density at radius 1 is 1.22 bits per heavy atom. The number of carboxylic acid groups (broad SMARTS) is 1. The fraction of sp³-hybridized carbons (Fsp3) is 0.333. The standard InChI is InChI=1S/C21H22FN3O6S/c1-12-8-17(12)20(26)23-10-15-11-25(32(29,30)16-5-2-13(22)3-6-16)18-9-14(24-21(27)28)4-7-19(18)31-15/h2-7,9,12,15,17,24H,8,10-11H2,1H3,(H,23,26)(H,27,28)/t12?,15-,17?/m0/s1. The van der Waals surface area contributed by atoms with E-state index >= 15 is 0 Å². The summed E-state index contributed by atoms with van der Waals surface area (Å²) in [5.74, 6) is -0.153. The van der Waals surface area contributed by atoms with Crippen molar-refractivity contribution in [3.8, 4) is 5.75 Å². The van der Waals surface area contributed by atoms with E-state index < -0.39 is 28.0 Å². The van der Waals surface area contributed by atoms with Gasteiger partial charge in [0.15, 0.2) is 0 Å². The second-order valence-corrected chi connectivity index (χ2v) is 9.77. The molecule has 9 nitrogen and oxygen atoms in total. The van der Waals surface area contributed by atoms with Crippen LogP contribution in [0.4, 0.5) is 20.6 Å². The predicted molar refractivity (Wildman–Crippen MR) is 114 cm³/mol. The minimum atomic E-state index is -4.12. The number of anilines is 2. The number of nitrogens with one attached hydrogen (secondary N) is 2. The van der Waals surface area contributed by atoms with Gasteiger partial charge in [0, 0.05) is 11.6 Å². The van der Waals surface area contributed by atoms with Crippen LogP contribution in [0.25, 0.3) is 0 Å². The number of sulfonamides is 1. The van der Waals surface area contributed by atoms with E-state index in [-0.39, 0.29) is 46.9 Å². The summed E-state index contributed by atoms with van der Waals surface area (Å²) in [4.78, 5) is 23.1. The number of ether oxygens (including phenoxy) is 1. The van der Waals surface area contributed by atoms with E-state index in [4.69, 9.17) is 9.84 Å². The number of carbonyl (C=O) groups is 2. The molecule has 1 aliphatic heterocycles. The fourth-order valence-electron chi connectivity index (χ4n) is 3.61. The molecule has 11 heteroatoms. The average molecular weight is 463 g/mol. The Hall–Kier alpha value is -3.34. The lowest BCUT2D eigenvalue weighted by atomic mass is 10.2. The van der Waals surface area contributed by atoms with Crippen molar-refractivity contribution < 1.29 is 32.2 Å². The van der Waals surface area contributed by atoms with Gasteiger partial charge >= 0.3 is 6.09 Å². The number of benzene rings is 2. The van der Waals surface area contributed by atoms with Gasteiger partial charge in [-0.15, -0.1) is 0 Å². The summed E-state index contributed by atoms with van der Waals surface area (Å²) in [7, 11) is -4.12. The lowest BCUT2D eigenvalue weighted by Crippen LogP contribution is -2.48. The molecule has 2 unspecified atom stereocenters. The highest BCUT2D eigenvalue weighted by molar-refractivity contribution is 7.92. The maximum absolute atomic E-state index is 13.4. The highest BCUT2D eigenvalue weighted by Crippen LogP contribution is 2.40. The van der Waals surface area contributed by atoms with Gasteiger partial charge in [0.2, 0.25) is 5.91 Å². The first-order valence-corrected chi connectivity index (χ1v) is 11.5. The van der Waals surface area contributed by atoms with Crippen LogP contribution in [-0.4, -0.2) is 44.7 Å². The van der Waals surface area contributed by atoms with Crippen molar-refractivity contribution in [2.45, 2.75) is 24.3 Å². The first-order chi connectivity index (χ1) is 15.1. The Kier molecular flexibility index (Phi) is 5.68. The molecule has 2 amide bonds. The lowest BCUT2D eigenvalue weighted by molar-refractivity contribution is -0.122.